The van der Waals surface area contributed by atoms with E-state index in [0.29, 0.717) is 10.9 Å². The van der Waals surface area contributed by atoms with Gasteiger partial charge < -0.3 is 0 Å². The molecule has 0 aliphatic carbocycles. The van der Waals surface area contributed by atoms with Crippen LogP contribution < -0.4 is 11.0 Å². The highest BCUT2D eigenvalue weighted by molar-refractivity contribution is 7.13. The molecule has 1 heterocycles. The highest BCUT2D eigenvalue weighted by Gasteiger charge is 2.10. The molecule has 2 aromatic carbocycles. The minimum atomic E-state index is -0.495. The largest absolute Gasteiger partial charge is 0.271 e. The van der Waals surface area contributed by atoms with E-state index in [1.54, 1.807) is 12.1 Å². The van der Waals surface area contributed by atoms with Crippen molar-refractivity contribution in [1.82, 2.24) is 9.38 Å². The second-order valence-electron chi connectivity index (χ2n) is 5.07. The smallest absolute Gasteiger partial charge is 0.269 e. The average Bonchev–Trinajstić information content (AvgIpc) is 2.91. The van der Waals surface area contributed by atoms with E-state index in [9.17, 15) is 19.7 Å². The van der Waals surface area contributed by atoms with Crippen LogP contribution in [0.3, 0.4) is 0 Å². The molecule has 126 valence electrons. The zero-order valence-corrected chi connectivity index (χ0v) is 13.6. The lowest BCUT2D eigenvalue weighted by molar-refractivity contribution is -0.384. The van der Waals surface area contributed by atoms with Gasteiger partial charge in [-0.25, -0.2) is 5.43 Å². The van der Waals surface area contributed by atoms with Crippen LogP contribution in [0.4, 0.5) is 5.69 Å². The number of nitrogens with one attached hydrogen (secondary N) is 1. The Morgan fingerprint density at radius 2 is 1.96 bits per heavy atom. The van der Waals surface area contributed by atoms with Crippen molar-refractivity contribution >= 4 is 39.4 Å². The first kappa shape index (κ1) is 16.5. The van der Waals surface area contributed by atoms with Gasteiger partial charge in [-0.2, -0.15) is 5.10 Å². The van der Waals surface area contributed by atoms with Crippen LogP contribution in [-0.4, -0.2) is 21.0 Å². The van der Waals surface area contributed by atoms with Crippen LogP contribution in [0.5, 0.6) is 0 Å². The van der Waals surface area contributed by atoms with E-state index in [0.717, 1.165) is 4.70 Å². The normalized spacial score (nSPS) is 11.0. The highest BCUT2D eigenvalue weighted by Crippen LogP contribution is 2.15. The number of nitro groups is 1. The van der Waals surface area contributed by atoms with Crippen LogP contribution in [0.15, 0.2) is 58.4 Å². The number of nitro benzene ring substituents is 1. The predicted molar refractivity (Wildman–Crippen MR) is 94.9 cm³/mol. The fraction of sp³-hybridized carbons (Fsp3) is 0.0625. The molecule has 3 aromatic rings. The van der Waals surface area contributed by atoms with Crippen molar-refractivity contribution in [2.24, 2.45) is 5.10 Å². The number of rotatable bonds is 5. The maximum absolute atomic E-state index is 12.1. The SMILES string of the molecule is O=C(Cn1sc2ccccc2c1=O)N/N=C/c1ccc([N+](=O)[O-])cc1. The molecular formula is C16H12N4O4S. The van der Waals surface area contributed by atoms with Crippen LogP contribution in [-0.2, 0) is 11.3 Å². The summed E-state index contributed by atoms with van der Waals surface area (Å²) < 4.78 is 2.18. The zero-order chi connectivity index (χ0) is 17.8. The lowest BCUT2D eigenvalue weighted by atomic mass is 10.2. The van der Waals surface area contributed by atoms with Gasteiger partial charge in [-0.05, 0) is 29.8 Å². The van der Waals surface area contributed by atoms with Crippen LogP contribution in [0, 0.1) is 10.1 Å². The van der Waals surface area contributed by atoms with Gasteiger partial charge in [0.15, 0.2) is 0 Å². The molecule has 0 radical (unpaired) electrons. The molecular weight excluding hydrogens is 344 g/mol. The standard InChI is InChI=1S/C16H12N4O4S/c21-15(10-19-16(22)13-3-1-2-4-14(13)25-19)18-17-9-11-5-7-12(8-6-11)20(23)24/h1-9H,10H2,(H,18,21)/b17-9+. The number of carbonyl (C=O) groups is 1. The van der Waals surface area contributed by atoms with Crippen molar-refractivity contribution in [3.63, 3.8) is 0 Å². The molecule has 0 unspecified atom stereocenters. The molecule has 0 aliphatic rings. The molecule has 8 nitrogen and oxygen atoms in total. The van der Waals surface area contributed by atoms with E-state index in [4.69, 9.17) is 0 Å². The Morgan fingerprint density at radius 1 is 1.24 bits per heavy atom. The Bertz CT molecular complexity index is 1020. The third kappa shape index (κ3) is 3.78. The van der Waals surface area contributed by atoms with Gasteiger partial charge in [0.05, 0.1) is 21.2 Å². The summed E-state index contributed by atoms with van der Waals surface area (Å²) in [6.45, 7) is -0.129. The molecule has 0 spiro atoms. The molecule has 0 bridgehead atoms. The number of carbonyl (C=O) groups excluding carboxylic acids is 1. The number of hydrogen-bond acceptors (Lipinski definition) is 6. The maximum Gasteiger partial charge on any atom is 0.269 e. The summed E-state index contributed by atoms with van der Waals surface area (Å²) in [5.74, 6) is -0.438. The fourth-order valence-electron chi connectivity index (χ4n) is 2.15. The number of hydrazone groups is 1. The van der Waals surface area contributed by atoms with E-state index in [1.807, 2.05) is 12.1 Å². The van der Waals surface area contributed by atoms with Gasteiger partial charge in [-0.1, -0.05) is 23.7 Å². The maximum atomic E-state index is 12.1. The first-order valence-electron chi connectivity index (χ1n) is 7.20. The summed E-state index contributed by atoms with van der Waals surface area (Å²) in [4.78, 5) is 34.1. The summed E-state index contributed by atoms with van der Waals surface area (Å²) >= 11 is 1.21. The Hall–Kier alpha value is -3.33. The fourth-order valence-corrected chi connectivity index (χ4v) is 3.14. The van der Waals surface area contributed by atoms with Crippen LogP contribution in [0.1, 0.15) is 5.56 Å². The molecule has 3 rings (SSSR count). The molecule has 1 aromatic heterocycles. The molecule has 1 amide bonds. The van der Waals surface area contributed by atoms with E-state index in [1.165, 1.54) is 46.0 Å². The summed E-state index contributed by atoms with van der Waals surface area (Å²) in [5, 5.41) is 14.9. The topological polar surface area (TPSA) is 107 Å². The first-order valence-corrected chi connectivity index (χ1v) is 7.97. The third-order valence-corrected chi connectivity index (χ3v) is 4.41. The second-order valence-corrected chi connectivity index (χ2v) is 6.13. The molecule has 0 saturated carbocycles. The van der Waals surface area contributed by atoms with Crippen LogP contribution in [0.2, 0.25) is 0 Å². The monoisotopic (exact) mass is 356 g/mol. The second kappa shape index (κ2) is 7.05. The van der Waals surface area contributed by atoms with Crippen molar-refractivity contribution in [3.8, 4) is 0 Å². The van der Waals surface area contributed by atoms with E-state index in [2.05, 4.69) is 10.5 Å². The van der Waals surface area contributed by atoms with Gasteiger partial charge in [0, 0.05) is 12.1 Å². The van der Waals surface area contributed by atoms with Crippen LogP contribution in [0.25, 0.3) is 10.1 Å². The lowest BCUT2D eigenvalue weighted by Gasteiger charge is -1.99. The average molecular weight is 356 g/mol. The first-order chi connectivity index (χ1) is 12.0. The molecule has 0 aliphatic heterocycles. The van der Waals surface area contributed by atoms with Crippen molar-refractivity contribution in [2.45, 2.75) is 6.54 Å². The van der Waals surface area contributed by atoms with Gasteiger partial charge in [-0.3, -0.25) is 23.7 Å². The zero-order valence-electron chi connectivity index (χ0n) is 12.8. The number of amides is 1. The highest BCUT2D eigenvalue weighted by atomic mass is 32.1. The number of aromatic nitrogens is 1. The van der Waals surface area contributed by atoms with E-state index >= 15 is 0 Å². The summed E-state index contributed by atoms with van der Waals surface area (Å²) in [7, 11) is 0. The summed E-state index contributed by atoms with van der Waals surface area (Å²) in [6.07, 6.45) is 1.37. The minimum absolute atomic E-state index is 0.0228. The van der Waals surface area contributed by atoms with Gasteiger partial charge >= 0.3 is 0 Å². The third-order valence-electron chi connectivity index (χ3n) is 3.35. The summed E-state index contributed by atoms with van der Waals surface area (Å²) in [6, 6.07) is 12.9. The molecule has 9 heteroatoms. The van der Waals surface area contributed by atoms with Crippen molar-refractivity contribution < 1.29 is 9.72 Å². The molecule has 0 fully saturated rings. The quantitative estimate of drug-likeness (QED) is 0.429. The number of benzene rings is 2. The molecule has 25 heavy (non-hydrogen) atoms. The minimum Gasteiger partial charge on any atom is -0.271 e. The van der Waals surface area contributed by atoms with Gasteiger partial charge in [0.25, 0.3) is 17.2 Å². The number of nitrogens with zero attached hydrogens (tertiary/aromatic N) is 3. The predicted octanol–water partition coefficient (Wildman–Crippen LogP) is 2.12. The number of hydrogen-bond donors (Lipinski definition) is 1. The van der Waals surface area contributed by atoms with Crippen LogP contribution >= 0.6 is 11.5 Å². The lowest BCUT2D eigenvalue weighted by Crippen LogP contribution is -2.26. The Balaban J connectivity index is 1.63. The van der Waals surface area contributed by atoms with Gasteiger partial charge in [0.1, 0.15) is 6.54 Å². The summed E-state index contributed by atoms with van der Waals surface area (Å²) in [5.41, 5.74) is 2.70. The van der Waals surface area contributed by atoms with Crippen molar-refractivity contribution in [2.75, 3.05) is 0 Å². The number of fused-ring (bicyclic) bond motifs is 1. The Kier molecular flexibility index (Phi) is 4.66. The molecule has 0 saturated heterocycles. The van der Waals surface area contributed by atoms with Crippen molar-refractivity contribution in [3.05, 3.63) is 74.6 Å². The van der Waals surface area contributed by atoms with E-state index < -0.39 is 10.8 Å². The molecule has 1 N–H and O–H groups in total. The number of non-ortho nitro benzene ring substituents is 1. The van der Waals surface area contributed by atoms with E-state index in [-0.39, 0.29) is 17.8 Å². The van der Waals surface area contributed by atoms with Gasteiger partial charge in [-0.15, -0.1) is 0 Å². The van der Waals surface area contributed by atoms with Gasteiger partial charge in [0.2, 0.25) is 0 Å². The molecule has 0 atom stereocenters. The Labute approximate surface area is 145 Å². The van der Waals surface area contributed by atoms with Crippen molar-refractivity contribution in [1.29, 1.82) is 0 Å². The Morgan fingerprint density at radius 3 is 2.64 bits per heavy atom.